The highest BCUT2D eigenvalue weighted by Gasteiger charge is 2.07. The minimum atomic E-state index is -0.289. The van der Waals surface area contributed by atoms with Crippen LogP contribution in [0.5, 0.6) is 5.75 Å². The highest BCUT2D eigenvalue weighted by molar-refractivity contribution is 5.35. The molecule has 2 N–H and O–H groups in total. The molecule has 0 aliphatic rings. The molecule has 0 aromatic heterocycles. The topological polar surface area (TPSA) is 35.2 Å². The largest absolute Gasteiger partial charge is 0.496 e. The minimum absolute atomic E-state index is 0.212. The molecule has 0 heterocycles. The SMILES string of the molecule is COc1ccc(F)cc1[C@H](C)N. The van der Waals surface area contributed by atoms with Gasteiger partial charge in [-0.05, 0) is 25.1 Å². The van der Waals surface area contributed by atoms with Crippen LogP contribution in [-0.2, 0) is 0 Å². The van der Waals surface area contributed by atoms with Crippen LogP contribution >= 0.6 is 0 Å². The Labute approximate surface area is 71.1 Å². The summed E-state index contributed by atoms with van der Waals surface area (Å²) in [5.41, 5.74) is 6.30. The van der Waals surface area contributed by atoms with Crippen molar-refractivity contribution in [2.45, 2.75) is 13.0 Å². The van der Waals surface area contributed by atoms with Gasteiger partial charge in [0.1, 0.15) is 11.6 Å². The lowest BCUT2D eigenvalue weighted by molar-refractivity contribution is 0.405. The summed E-state index contributed by atoms with van der Waals surface area (Å²) < 4.78 is 17.7. The second kappa shape index (κ2) is 3.54. The highest BCUT2D eigenvalue weighted by Crippen LogP contribution is 2.23. The molecule has 0 radical (unpaired) electrons. The average molecular weight is 169 g/mol. The van der Waals surface area contributed by atoms with Gasteiger partial charge in [0.05, 0.1) is 7.11 Å². The first-order chi connectivity index (χ1) is 5.65. The van der Waals surface area contributed by atoms with E-state index in [0.29, 0.717) is 11.3 Å². The molecule has 3 heteroatoms. The molecule has 0 aliphatic carbocycles. The van der Waals surface area contributed by atoms with Gasteiger partial charge in [0.2, 0.25) is 0 Å². The fraction of sp³-hybridized carbons (Fsp3) is 0.333. The van der Waals surface area contributed by atoms with Gasteiger partial charge in [0.15, 0.2) is 0 Å². The molecule has 1 atom stereocenters. The van der Waals surface area contributed by atoms with Gasteiger partial charge in [0.25, 0.3) is 0 Å². The summed E-state index contributed by atoms with van der Waals surface area (Å²) in [5, 5.41) is 0. The molecule has 0 aliphatic heterocycles. The van der Waals surface area contributed by atoms with E-state index < -0.39 is 0 Å². The van der Waals surface area contributed by atoms with Crippen LogP contribution < -0.4 is 10.5 Å². The van der Waals surface area contributed by atoms with Crippen molar-refractivity contribution in [1.29, 1.82) is 0 Å². The smallest absolute Gasteiger partial charge is 0.123 e. The zero-order valence-electron chi connectivity index (χ0n) is 7.17. The predicted molar refractivity (Wildman–Crippen MR) is 45.6 cm³/mol. The van der Waals surface area contributed by atoms with Crippen molar-refractivity contribution < 1.29 is 9.13 Å². The quantitative estimate of drug-likeness (QED) is 0.733. The first kappa shape index (κ1) is 9.00. The van der Waals surface area contributed by atoms with Gasteiger partial charge in [-0.25, -0.2) is 4.39 Å². The first-order valence-corrected chi connectivity index (χ1v) is 3.74. The molecule has 1 rings (SSSR count). The fourth-order valence-corrected chi connectivity index (χ4v) is 1.06. The van der Waals surface area contributed by atoms with Crippen molar-refractivity contribution in [3.05, 3.63) is 29.6 Å². The van der Waals surface area contributed by atoms with E-state index in [4.69, 9.17) is 10.5 Å². The Morgan fingerprint density at radius 1 is 1.50 bits per heavy atom. The van der Waals surface area contributed by atoms with Gasteiger partial charge in [-0.3, -0.25) is 0 Å². The molecule has 12 heavy (non-hydrogen) atoms. The number of halogens is 1. The molecular weight excluding hydrogens is 157 g/mol. The second-order valence-corrected chi connectivity index (χ2v) is 2.67. The lowest BCUT2D eigenvalue weighted by Crippen LogP contribution is -2.07. The lowest BCUT2D eigenvalue weighted by Gasteiger charge is -2.10. The summed E-state index contributed by atoms with van der Waals surface area (Å²) in [6.45, 7) is 1.79. The van der Waals surface area contributed by atoms with Crippen LogP contribution in [0.4, 0.5) is 4.39 Å². The van der Waals surface area contributed by atoms with Gasteiger partial charge in [-0.2, -0.15) is 0 Å². The van der Waals surface area contributed by atoms with Gasteiger partial charge in [-0.1, -0.05) is 0 Å². The molecule has 0 saturated carbocycles. The molecular formula is C9H12FNO. The Hall–Kier alpha value is -1.09. The number of nitrogens with two attached hydrogens (primary N) is 1. The van der Waals surface area contributed by atoms with E-state index in [1.165, 1.54) is 12.1 Å². The molecule has 66 valence electrons. The van der Waals surface area contributed by atoms with Crippen molar-refractivity contribution in [3.8, 4) is 5.75 Å². The maximum atomic E-state index is 12.7. The van der Waals surface area contributed by atoms with Crippen molar-refractivity contribution in [3.63, 3.8) is 0 Å². The van der Waals surface area contributed by atoms with Gasteiger partial charge in [0, 0.05) is 11.6 Å². The number of ether oxygens (including phenoxy) is 1. The molecule has 0 amide bonds. The van der Waals surface area contributed by atoms with Crippen molar-refractivity contribution >= 4 is 0 Å². The van der Waals surface area contributed by atoms with E-state index in [1.54, 1.807) is 20.1 Å². The molecule has 0 saturated heterocycles. The number of benzene rings is 1. The zero-order valence-corrected chi connectivity index (χ0v) is 7.17. The third-order valence-corrected chi connectivity index (χ3v) is 1.68. The maximum Gasteiger partial charge on any atom is 0.123 e. The summed E-state index contributed by atoms with van der Waals surface area (Å²) >= 11 is 0. The summed E-state index contributed by atoms with van der Waals surface area (Å²) in [5.74, 6) is 0.342. The summed E-state index contributed by atoms with van der Waals surface area (Å²) in [7, 11) is 1.54. The Kier molecular flexibility index (Phi) is 2.65. The Morgan fingerprint density at radius 3 is 2.67 bits per heavy atom. The standard InChI is InChI=1S/C9H12FNO/c1-6(11)8-5-7(10)3-4-9(8)12-2/h3-6H,11H2,1-2H3/t6-/m0/s1. The van der Waals surface area contributed by atoms with E-state index >= 15 is 0 Å². The monoisotopic (exact) mass is 169 g/mol. The fourth-order valence-electron chi connectivity index (χ4n) is 1.06. The van der Waals surface area contributed by atoms with Gasteiger partial charge in [-0.15, -0.1) is 0 Å². The molecule has 1 aromatic carbocycles. The van der Waals surface area contributed by atoms with E-state index in [2.05, 4.69) is 0 Å². The highest BCUT2D eigenvalue weighted by atomic mass is 19.1. The summed E-state index contributed by atoms with van der Waals surface area (Å²) in [6, 6.07) is 4.11. The van der Waals surface area contributed by atoms with E-state index in [9.17, 15) is 4.39 Å². The molecule has 2 nitrogen and oxygen atoms in total. The number of hydrogen-bond donors (Lipinski definition) is 1. The molecule has 0 spiro atoms. The second-order valence-electron chi connectivity index (χ2n) is 2.67. The van der Waals surface area contributed by atoms with Crippen LogP contribution in [0.2, 0.25) is 0 Å². The van der Waals surface area contributed by atoms with Crippen molar-refractivity contribution in [1.82, 2.24) is 0 Å². The van der Waals surface area contributed by atoms with E-state index in [0.717, 1.165) is 0 Å². The molecule has 1 aromatic rings. The van der Waals surface area contributed by atoms with Crippen molar-refractivity contribution in [2.75, 3.05) is 7.11 Å². The normalized spacial score (nSPS) is 12.7. The molecule has 0 bridgehead atoms. The predicted octanol–water partition coefficient (Wildman–Crippen LogP) is 1.85. The Bertz CT molecular complexity index is 273. The number of hydrogen-bond acceptors (Lipinski definition) is 2. The molecule has 0 fully saturated rings. The lowest BCUT2D eigenvalue weighted by atomic mass is 10.1. The van der Waals surface area contributed by atoms with Crippen LogP contribution in [-0.4, -0.2) is 7.11 Å². The number of rotatable bonds is 2. The summed E-state index contributed by atoms with van der Waals surface area (Å²) in [6.07, 6.45) is 0. The Balaban J connectivity index is 3.12. The van der Waals surface area contributed by atoms with Crippen LogP contribution in [0, 0.1) is 5.82 Å². The Morgan fingerprint density at radius 2 is 2.17 bits per heavy atom. The van der Waals surface area contributed by atoms with Gasteiger partial charge >= 0.3 is 0 Å². The van der Waals surface area contributed by atoms with Crippen LogP contribution in [0.25, 0.3) is 0 Å². The van der Waals surface area contributed by atoms with Crippen molar-refractivity contribution in [2.24, 2.45) is 5.73 Å². The minimum Gasteiger partial charge on any atom is -0.496 e. The molecule has 0 unspecified atom stereocenters. The van der Waals surface area contributed by atoms with Gasteiger partial charge < -0.3 is 10.5 Å². The average Bonchev–Trinajstić information content (AvgIpc) is 2.04. The number of methoxy groups -OCH3 is 1. The maximum absolute atomic E-state index is 12.7. The zero-order chi connectivity index (χ0) is 9.14. The third-order valence-electron chi connectivity index (χ3n) is 1.68. The van der Waals surface area contributed by atoms with Crippen LogP contribution in [0.3, 0.4) is 0 Å². The third kappa shape index (κ3) is 1.74. The first-order valence-electron chi connectivity index (χ1n) is 3.74. The van der Waals surface area contributed by atoms with E-state index in [-0.39, 0.29) is 11.9 Å². The van der Waals surface area contributed by atoms with E-state index in [1.807, 2.05) is 0 Å². The summed E-state index contributed by atoms with van der Waals surface area (Å²) in [4.78, 5) is 0. The van der Waals surface area contributed by atoms with Crippen LogP contribution in [0.15, 0.2) is 18.2 Å². The van der Waals surface area contributed by atoms with Crippen LogP contribution in [0.1, 0.15) is 18.5 Å².